The molecule has 0 aliphatic rings. The maximum Gasteiger partial charge on any atom is 0.337 e. The molecule has 4 nitrogen and oxygen atoms in total. The Labute approximate surface area is 123 Å². The second-order valence-corrected chi connectivity index (χ2v) is 4.43. The number of hydrogen-bond acceptors (Lipinski definition) is 2. The van der Waals surface area contributed by atoms with Gasteiger partial charge in [-0.15, -0.1) is 0 Å². The molecule has 0 unspecified atom stereocenters. The lowest BCUT2D eigenvalue weighted by molar-refractivity contribution is 0.0697. The minimum Gasteiger partial charge on any atom is -0.478 e. The molecule has 0 heterocycles. The first-order valence-corrected chi connectivity index (χ1v) is 6.06. The average molecular weight is 312 g/mol. The highest BCUT2D eigenvalue weighted by Crippen LogP contribution is 2.23. The molecule has 7 heteroatoms. The van der Waals surface area contributed by atoms with Gasteiger partial charge in [-0.1, -0.05) is 23.7 Å². The third kappa shape index (κ3) is 3.00. The van der Waals surface area contributed by atoms with Crippen LogP contribution in [0.5, 0.6) is 0 Å². The smallest absolute Gasteiger partial charge is 0.337 e. The Balaban J connectivity index is 2.41. The molecule has 0 aliphatic heterocycles. The highest BCUT2D eigenvalue weighted by atomic mass is 35.5. The molecule has 0 atom stereocenters. The van der Waals surface area contributed by atoms with Crippen molar-refractivity contribution in [3.63, 3.8) is 0 Å². The minimum atomic E-state index is -1.42. The molecule has 0 spiro atoms. The second kappa shape index (κ2) is 5.88. The number of benzene rings is 2. The third-order valence-electron chi connectivity index (χ3n) is 2.68. The zero-order valence-electron chi connectivity index (χ0n) is 10.4. The number of carbonyl (C=O) groups excluding carboxylic acids is 1. The molecule has 0 fully saturated rings. The average Bonchev–Trinajstić information content (AvgIpc) is 2.43. The van der Waals surface area contributed by atoms with Crippen LogP contribution in [-0.2, 0) is 0 Å². The summed E-state index contributed by atoms with van der Waals surface area (Å²) in [7, 11) is 0. The van der Waals surface area contributed by atoms with E-state index in [1.165, 1.54) is 18.2 Å². The predicted molar refractivity (Wildman–Crippen MR) is 72.7 cm³/mol. The summed E-state index contributed by atoms with van der Waals surface area (Å²) in [6.45, 7) is 0. The predicted octanol–water partition coefficient (Wildman–Crippen LogP) is 3.57. The maximum atomic E-state index is 13.7. The number of halogens is 3. The first kappa shape index (κ1) is 14.9. The van der Waals surface area contributed by atoms with Crippen molar-refractivity contribution in [2.45, 2.75) is 0 Å². The molecule has 2 aromatic carbocycles. The largest absolute Gasteiger partial charge is 0.478 e. The van der Waals surface area contributed by atoms with Crippen molar-refractivity contribution in [3.05, 3.63) is 64.2 Å². The van der Waals surface area contributed by atoms with Gasteiger partial charge in [0.25, 0.3) is 5.91 Å². The molecule has 0 aromatic heterocycles. The van der Waals surface area contributed by atoms with Crippen molar-refractivity contribution in [1.82, 2.24) is 0 Å². The summed E-state index contributed by atoms with van der Waals surface area (Å²) < 4.78 is 27.4. The van der Waals surface area contributed by atoms with Gasteiger partial charge in [0.1, 0.15) is 5.82 Å². The standard InChI is InChI=1S/C14H8ClF2NO3/c15-9-5-1-3-7(11(9)17)13(19)18-12-8(14(20)21)4-2-6-10(12)16/h1-6H,(H,18,19)(H,20,21). The summed E-state index contributed by atoms with van der Waals surface area (Å²) in [5, 5.41) is 10.7. The lowest BCUT2D eigenvalue weighted by Gasteiger charge is -2.10. The Morgan fingerprint density at radius 3 is 2.33 bits per heavy atom. The van der Waals surface area contributed by atoms with Crippen LogP contribution in [-0.4, -0.2) is 17.0 Å². The van der Waals surface area contributed by atoms with E-state index in [2.05, 4.69) is 5.32 Å². The molecule has 21 heavy (non-hydrogen) atoms. The molecule has 2 aromatic rings. The van der Waals surface area contributed by atoms with Gasteiger partial charge in [0.2, 0.25) is 0 Å². The van der Waals surface area contributed by atoms with E-state index in [1.54, 1.807) is 0 Å². The highest BCUT2D eigenvalue weighted by molar-refractivity contribution is 6.31. The van der Waals surface area contributed by atoms with Gasteiger partial charge in [-0.2, -0.15) is 0 Å². The number of anilines is 1. The quantitative estimate of drug-likeness (QED) is 0.910. The van der Waals surface area contributed by atoms with Crippen molar-refractivity contribution in [2.24, 2.45) is 0 Å². The topological polar surface area (TPSA) is 66.4 Å². The summed E-state index contributed by atoms with van der Waals surface area (Å²) in [4.78, 5) is 22.9. The Hall–Kier alpha value is -2.47. The van der Waals surface area contributed by atoms with Crippen molar-refractivity contribution >= 4 is 29.2 Å². The molecule has 0 saturated carbocycles. The van der Waals surface area contributed by atoms with Crippen molar-refractivity contribution < 1.29 is 23.5 Å². The Morgan fingerprint density at radius 2 is 1.67 bits per heavy atom. The first-order chi connectivity index (χ1) is 9.91. The van der Waals surface area contributed by atoms with Crippen LogP contribution in [0.25, 0.3) is 0 Å². The molecule has 108 valence electrons. The number of rotatable bonds is 3. The lowest BCUT2D eigenvalue weighted by Crippen LogP contribution is -2.17. The number of carboxylic acids is 1. The second-order valence-electron chi connectivity index (χ2n) is 4.02. The van der Waals surface area contributed by atoms with E-state index in [1.807, 2.05) is 0 Å². The van der Waals surface area contributed by atoms with Crippen LogP contribution in [0.1, 0.15) is 20.7 Å². The van der Waals surface area contributed by atoms with Crippen LogP contribution in [0, 0.1) is 11.6 Å². The summed E-state index contributed by atoms with van der Waals surface area (Å²) in [6.07, 6.45) is 0. The molecular weight excluding hydrogens is 304 g/mol. The normalized spacial score (nSPS) is 10.2. The number of nitrogens with one attached hydrogen (secondary N) is 1. The van der Waals surface area contributed by atoms with E-state index >= 15 is 0 Å². The number of carbonyl (C=O) groups is 2. The molecule has 2 N–H and O–H groups in total. The summed E-state index contributed by atoms with van der Waals surface area (Å²) >= 11 is 5.55. The van der Waals surface area contributed by atoms with Gasteiger partial charge in [0, 0.05) is 0 Å². The minimum absolute atomic E-state index is 0.269. The first-order valence-electron chi connectivity index (χ1n) is 5.69. The van der Waals surface area contributed by atoms with Crippen LogP contribution >= 0.6 is 11.6 Å². The summed E-state index contributed by atoms with van der Waals surface area (Å²) in [5.41, 5.74) is -1.39. The van der Waals surface area contributed by atoms with Gasteiger partial charge >= 0.3 is 5.97 Å². The van der Waals surface area contributed by atoms with Crippen LogP contribution < -0.4 is 5.32 Å². The van der Waals surface area contributed by atoms with E-state index in [4.69, 9.17) is 16.7 Å². The summed E-state index contributed by atoms with van der Waals surface area (Å²) in [6, 6.07) is 7.04. The number of hydrogen-bond donors (Lipinski definition) is 2. The molecule has 1 amide bonds. The zero-order chi connectivity index (χ0) is 15.6. The van der Waals surface area contributed by atoms with Gasteiger partial charge in [-0.05, 0) is 24.3 Å². The van der Waals surface area contributed by atoms with Crippen molar-refractivity contribution in [1.29, 1.82) is 0 Å². The van der Waals surface area contributed by atoms with Crippen LogP contribution in [0.3, 0.4) is 0 Å². The highest BCUT2D eigenvalue weighted by Gasteiger charge is 2.20. The van der Waals surface area contributed by atoms with E-state index in [0.29, 0.717) is 0 Å². The Bertz CT molecular complexity index is 734. The maximum absolute atomic E-state index is 13.7. The fourth-order valence-electron chi connectivity index (χ4n) is 1.69. The number of aromatic carboxylic acids is 1. The fraction of sp³-hybridized carbons (Fsp3) is 0. The zero-order valence-corrected chi connectivity index (χ0v) is 11.1. The molecule has 0 aliphatic carbocycles. The van der Waals surface area contributed by atoms with E-state index in [9.17, 15) is 18.4 Å². The molecular formula is C14H8ClF2NO3. The van der Waals surface area contributed by atoms with Crippen molar-refractivity contribution in [3.8, 4) is 0 Å². The fourth-order valence-corrected chi connectivity index (χ4v) is 1.86. The van der Waals surface area contributed by atoms with E-state index in [-0.39, 0.29) is 5.02 Å². The van der Waals surface area contributed by atoms with Crippen LogP contribution in [0.2, 0.25) is 5.02 Å². The summed E-state index contributed by atoms with van der Waals surface area (Å²) in [5.74, 6) is -4.32. The Kier molecular flexibility index (Phi) is 4.18. The number of carboxylic acid groups (broad SMARTS) is 1. The van der Waals surface area contributed by atoms with Crippen LogP contribution in [0.15, 0.2) is 36.4 Å². The van der Waals surface area contributed by atoms with Gasteiger partial charge in [0.15, 0.2) is 5.82 Å². The van der Waals surface area contributed by atoms with E-state index in [0.717, 1.165) is 18.2 Å². The Morgan fingerprint density at radius 1 is 1.05 bits per heavy atom. The van der Waals surface area contributed by atoms with Gasteiger partial charge in [-0.3, -0.25) is 4.79 Å². The van der Waals surface area contributed by atoms with Gasteiger partial charge < -0.3 is 10.4 Å². The van der Waals surface area contributed by atoms with Gasteiger partial charge in [0.05, 0.1) is 21.8 Å². The van der Waals surface area contributed by atoms with Crippen molar-refractivity contribution in [2.75, 3.05) is 5.32 Å². The third-order valence-corrected chi connectivity index (χ3v) is 2.97. The van der Waals surface area contributed by atoms with Crippen LogP contribution in [0.4, 0.5) is 14.5 Å². The van der Waals surface area contributed by atoms with E-state index < -0.39 is 40.3 Å². The lowest BCUT2D eigenvalue weighted by atomic mass is 10.1. The molecule has 0 bridgehead atoms. The molecule has 0 radical (unpaired) electrons. The molecule has 2 rings (SSSR count). The van der Waals surface area contributed by atoms with Gasteiger partial charge in [-0.25, -0.2) is 13.6 Å². The number of para-hydroxylation sites is 1. The monoisotopic (exact) mass is 311 g/mol. The SMILES string of the molecule is O=C(Nc1c(F)cccc1C(=O)O)c1cccc(Cl)c1F. The molecule has 0 saturated heterocycles. The number of amides is 1.